The van der Waals surface area contributed by atoms with E-state index in [4.69, 9.17) is 32.4 Å². The van der Waals surface area contributed by atoms with E-state index in [-0.39, 0.29) is 11.6 Å². The zero-order chi connectivity index (χ0) is 26.3. The molecule has 0 aliphatic heterocycles. The van der Waals surface area contributed by atoms with E-state index in [1.165, 1.54) is 13.1 Å². The van der Waals surface area contributed by atoms with Gasteiger partial charge in [0.2, 0.25) is 5.82 Å². The van der Waals surface area contributed by atoms with E-state index in [1.807, 2.05) is 0 Å². The minimum absolute atomic E-state index is 0.162. The normalized spacial score (nSPS) is 12.4. The second-order valence-corrected chi connectivity index (χ2v) is 9.74. The van der Waals surface area contributed by atoms with Crippen LogP contribution in [0.4, 0.5) is 0 Å². The minimum atomic E-state index is -1.15. The molecule has 0 saturated carbocycles. The fraction of sp³-hybridized carbons (Fsp3) is 0.0769. The molecule has 0 aliphatic carbocycles. The standard InChI is InChI=1S/C26H16BrCl2N3O5/c1-13(26(34)35)36-23-15(9-17(29)11-19(23)27)12-30-32-24(31-20-5-3-2-4-18(20)25(32)33)22-10-14-8-16(28)6-7-21(14)37-22/h2-13H,1H3,(H,34,35)/t13-/m1/s1. The Morgan fingerprint density at radius 1 is 1.16 bits per heavy atom. The molecule has 0 fully saturated rings. The van der Waals surface area contributed by atoms with Crippen molar-refractivity contribution in [2.45, 2.75) is 13.0 Å². The van der Waals surface area contributed by atoms with Gasteiger partial charge in [-0.05, 0) is 71.4 Å². The Balaban J connectivity index is 1.70. The number of furan rings is 1. The molecule has 0 radical (unpaired) electrons. The maximum Gasteiger partial charge on any atom is 0.344 e. The number of nitrogens with zero attached hydrogens (tertiary/aromatic N) is 3. The van der Waals surface area contributed by atoms with Crippen molar-refractivity contribution in [2.24, 2.45) is 5.10 Å². The Morgan fingerprint density at radius 2 is 1.95 bits per heavy atom. The highest BCUT2D eigenvalue weighted by Gasteiger charge is 2.19. The van der Waals surface area contributed by atoms with E-state index in [0.717, 1.165) is 10.1 Å². The van der Waals surface area contributed by atoms with Gasteiger partial charge in [-0.2, -0.15) is 9.78 Å². The highest BCUT2D eigenvalue weighted by molar-refractivity contribution is 9.10. The van der Waals surface area contributed by atoms with Crippen LogP contribution >= 0.6 is 39.1 Å². The number of rotatable bonds is 6. The fourth-order valence-electron chi connectivity index (χ4n) is 3.66. The van der Waals surface area contributed by atoms with E-state index in [0.29, 0.717) is 42.3 Å². The molecule has 37 heavy (non-hydrogen) atoms. The highest BCUT2D eigenvalue weighted by Crippen LogP contribution is 2.33. The molecule has 0 saturated heterocycles. The van der Waals surface area contributed by atoms with Gasteiger partial charge in [0.15, 0.2) is 11.9 Å². The lowest BCUT2D eigenvalue weighted by molar-refractivity contribution is -0.144. The molecule has 5 rings (SSSR count). The van der Waals surface area contributed by atoms with Crippen molar-refractivity contribution >= 4 is 73.2 Å². The van der Waals surface area contributed by atoms with Crippen molar-refractivity contribution in [1.82, 2.24) is 9.66 Å². The SMILES string of the molecule is C[C@@H](Oc1c(Br)cc(Cl)cc1C=Nn1c(-c2cc3cc(Cl)ccc3o2)nc2ccccc2c1=O)C(=O)O. The summed E-state index contributed by atoms with van der Waals surface area (Å²) in [5.41, 5.74) is 0.944. The van der Waals surface area contributed by atoms with Gasteiger partial charge in [-0.25, -0.2) is 9.78 Å². The quantitative estimate of drug-likeness (QED) is 0.220. The molecule has 0 aliphatic rings. The van der Waals surface area contributed by atoms with Gasteiger partial charge < -0.3 is 14.3 Å². The van der Waals surface area contributed by atoms with Crippen molar-refractivity contribution in [1.29, 1.82) is 0 Å². The van der Waals surface area contributed by atoms with Crippen LogP contribution in [-0.2, 0) is 4.79 Å². The Labute approximate surface area is 227 Å². The number of ether oxygens (including phenoxy) is 1. The zero-order valence-corrected chi connectivity index (χ0v) is 22.1. The number of hydrogen-bond donors (Lipinski definition) is 1. The Bertz CT molecular complexity index is 1780. The predicted molar refractivity (Wildman–Crippen MR) is 146 cm³/mol. The summed E-state index contributed by atoms with van der Waals surface area (Å²) < 4.78 is 13.1. The molecule has 2 heterocycles. The minimum Gasteiger partial charge on any atom is -0.479 e. The van der Waals surface area contributed by atoms with Crippen molar-refractivity contribution in [3.05, 3.63) is 91.1 Å². The average molecular weight is 601 g/mol. The molecule has 1 N–H and O–H groups in total. The maximum atomic E-state index is 13.5. The number of carboxylic acids is 1. The number of hydrogen-bond acceptors (Lipinski definition) is 6. The van der Waals surface area contributed by atoms with Crippen LogP contribution in [0.25, 0.3) is 33.5 Å². The summed E-state index contributed by atoms with van der Waals surface area (Å²) in [5, 5.41) is 15.7. The Hall–Kier alpha value is -3.66. The van der Waals surface area contributed by atoms with Gasteiger partial charge in [0.05, 0.1) is 21.6 Å². The third-order valence-corrected chi connectivity index (χ3v) is 6.49. The van der Waals surface area contributed by atoms with Gasteiger partial charge in [0.1, 0.15) is 11.3 Å². The first-order valence-electron chi connectivity index (χ1n) is 10.9. The summed E-state index contributed by atoms with van der Waals surface area (Å²) in [6.45, 7) is 1.40. The average Bonchev–Trinajstić information content (AvgIpc) is 3.28. The molecule has 186 valence electrons. The van der Waals surface area contributed by atoms with E-state index in [9.17, 15) is 14.7 Å². The van der Waals surface area contributed by atoms with Gasteiger partial charge in [-0.15, -0.1) is 0 Å². The lowest BCUT2D eigenvalue weighted by atomic mass is 10.2. The number of carboxylic acid groups (broad SMARTS) is 1. The third kappa shape index (κ3) is 4.98. The van der Waals surface area contributed by atoms with Gasteiger partial charge in [0, 0.05) is 21.0 Å². The van der Waals surface area contributed by atoms with Crippen LogP contribution in [0.2, 0.25) is 10.0 Å². The number of aromatic nitrogens is 2. The van der Waals surface area contributed by atoms with Crippen molar-refractivity contribution in [3.8, 4) is 17.3 Å². The summed E-state index contributed by atoms with van der Waals surface area (Å²) in [4.78, 5) is 29.5. The molecule has 2 aromatic heterocycles. The largest absolute Gasteiger partial charge is 0.479 e. The smallest absolute Gasteiger partial charge is 0.344 e. The molecule has 5 aromatic rings. The predicted octanol–water partition coefficient (Wildman–Crippen LogP) is 6.61. The molecule has 0 amide bonds. The van der Waals surface area contributed by atoms with Crippen LogP contribution in [0.15, 0.2) is 79.4 Å². The van der Waals surface area contributed by atoms with E-state index in [1.54, 1.807) is 60.7 Å². The molecule has 3 aromatic carbocycles. The summed E-state index contributed by atoms with van der Waals surface area (Å²) in [5.74, 6) is -0.480. The fourth-order valence-corrected chi connectivity index (χ4v) is 4.77. The first-order chi connectivity index (χ1) is 17.7. The van der Waals surface area contributed by atoms with Gasteiger partial charge in [-0.3, -0.25) is 4.79 Å². The van der Waals surface area contributed by atoms with Crippen LogP contribution in [0.3, 0.4) is 0 Å². The van der Waals surface area contributed by atoms with Crippen molar-refractivity contribution in [2.75, 3.05) is 0 Å². The van der Waals surface area contributed by atoms with Gasteiger partial charge in [-0.1, -0.05) is 35.3 Å². The Kier molecular flexibility index (Phi) is 6.76. The summed E-state index contributed by atoms with van der Waals surface area (Å²) in [7, 11) is 0. The van der Waals surface area contributed by atoms with Crippen LogP contribution in [-0.4, -0.2) is 33.1 Å². The topological polar surface area (TPSA) is 107 Å². The number of aliphatic carboxylic acids is 1. The summed E-state index contributed by atoms with van der Waals surface area (Å²) in [6.07, 6.45) is 0.203. The van der Waals surface area contributed by atoms with Crippen molar-refractivity contribution < 1.29 is 19.1 Å². The lowest BCUT2D eigenvalue weighted by Gasteiger charge is -2.15. The molecular weight excluding hydrogens is 585 g/mol. The van der Waals surface area contributed by atoms with Gasteiger partial charge >= 0.3 is 5.97 Å². The molecule has 0 bridgehead atoms. The monoisotopic (exact) mass is 599 g/mol. The van der Waals surface area contributed by atoms with Crippen LogP contribution in [0.1, 0.15) is 12.5 Å². The summed E-state index contributed by atoms with van der Waals surface area (Å²) >= 11 is 15.7. The van der Waals surface area contributed by atoms with Crippen LogP contribution < -0.4 is 10.3 Å². The molecule has 0 unspecified atom stereocenters. The van der Waals surface area contributed by atoms with E-state index < -0.39 is 17.6 Å². The molecule has 1 atom stereocenters. The highest BCUT2D eigenvalue weighted by atomic mass is 79.9. The Morgan fingerprint density at radius 3 is 2.73 bits per heavy atom. The molecular formula is C26H16BrCl2N3O5. The number of para-hydroxylation sites is 1. The third-order valence-electron chi connectivity index (χ3n) is 5.44. The first-order valence-corrected chi connectivity index (χ1v) is 12.4. The maximum absolute atomic E-state index is 13.5. The molecule has 0 spiro atoms. The van der Waals surface area contributed by atoms with Crippen LogP contribution in [0, 0.1) is 0 Å². The van der Waals surface area contributed by atoms with E-state index >= 15 is 0 Å². The zero-order valence-electron chi connectivity index (χ0n) is 19.0. The van der Waals surface area contributed by atoms with Gasteiger partial charge in [0.25, 0.3) is 5.56 Å². The van der Waals surface area contributed by atoms with Crippen LogP contribution in [0.5, 0.6) is 5.75 Å². The first kappa shape index (κ1) is 25.0. The lowest BCUT2D eigenvalue weighted by Crippen LogP contribution is -2.24. The number of fused-ring (bicyclic) bond motifs is 2. The number of benzene rings is 3. The summed E-state index contributed by atoms with van der Waals surface area (Å²) in [6, 6.07) is 16.9. The number of halogens is 3. The molecule has 8 nitrogen and oxygen atoms in total. The van der Waals surface area contributed by atoms with E-state index in [2.05, 4.69) is 26.0 Å². The second-order valence-electron chi connectivity index (χ2n) is 8.01. The molecule has 11 heteroatoms. The second kappa shape index (κ2) is 10.0. The number of carbonyl (C=O) groups is 1. The van der Waals surface area contributed by atoms with Crippen molar-refractivity contribution in [3.63, 3.8) is 0 Å².